The molecule has 1 N–H and O–H groups in total. The Labute approximate surface area is 88.7 Å². The number of aromatic nitrogens is 1. The van der Waals surface area contributed by atoms with E-state index in [0.29, 0.717) is 17.9 Å². The van der Waals surface area contributed by atoms with Crippen molar-refractivity contribution in [2.45, 2.75) is 0 Å². The summed E-state index contributed by atoms with van der Waals surface area (Å²) in [7, 11) is -2.94. The number of rotatable bonds is 4. The third-order valence-electron chi connectivity index (χ3n) is 1.68. The molecule has 0 aromatic carbocycles. The average molecular weight is 225 g/mol. The van der Waals surface area contributed by atoms with E-state index in [1.165, 1.54) is 12.5 Å². The second-order valence-electron chi connectivity index (χ2n) is 3.10. The molecule has 6 heteroatoms. The normalized spacial score (nSPS) is 10.7. The molecule has 1 rings (SSSR count). The van der Waals surface area contributed by atoms with Gasteiger partial charge >= 0.3 is 0 Å². The molecule has 0 aliphatic rings. The fraction of sp³-hybridized carbons (Fsp3) is 0.333. The van der Waals surface area contributed by atoms with Crippen LogP contribution in [0.5, 0.6) is 0 Å². The number of nitriles is 1. The van der Waals surface area contributed by atoms with E-state index < -0.39 is 9.84 Å². The lowest BCUT2D eigenvalue weighted by Crippen LogP contribution is -2.14. The molecule has 0 saturated heterocycles. The van der Waals surface area contributed by atoms with Crippen molar-refractivity contribution in [1.29, 1.82) is 5.26 Å². The second-order valence-corrected chi connectivity index (χ2v) is 5.36. The Bertz CT molecular complexity index is 459. The Morgan fingerprint density at radius 1 is 1.53 bits per heavy atom. The number of sulfone groups is 1. The first kappa shape index (κ1) is 11.5. The monoisotopic (exact) mass is 225 g/mol. The zero-order valence-electron chi connectivity index (χ0n) is 8.27. The van der Waals surface area contributed by atoms with Crippen molar-refractivity contribution in [3.8, 4) is 6.07 Å². The smallest absolute Gasteiger partial charge is 0.149 e. The number of nitrogens with one attached hydrogen (secondary N) is 1. The average Bonchev–Trinajstić information content (AvgIpc) is 2.17. The topological polar surface area (TPSA) is 82.9 Å². The van der Waals surface area contributed by atoms with Gasteiger partial charge in [0.05, 0.1) is 17.6 Å². The molecule has 0 amide bonds. The Kier molecular flexibility index (Phi) is 3.63. The maximum Gasteiger partial charge on any atom is 0.149 e. The van der Waals surface area contributed by atoms with Gasteiger partial charge in [-0.05, 0) is 12.1 Å². The molecule has 1 aromatic rings. The van der Waals surface area contributed by atoms with Gasteiger partial charge in [0.25, 0.3) is 0 Å². The lowest BCUT2D eigenvalue weighted by Gasteiger charge is -2.04. The Morgan fingerprint density at radius 2 is 2.27 bits per heavy atom. The summed E-state index contributed by atoms with van der Waals surface area (Å²) in [4.78, 5) is 3.84. The van der Waals surface area contributed by atoms with Crippen molar-refractivity contribution in [3.63, 3.8) is 0 Å². The molecule has 5 nitrogen and oxygen atoms in total. The zero-order valence-corrected chi connectivity index (χ0v) is 9.08. The highest BCUT2D eigenvalue weighted by Gasteiger charge is 2.01. The second kappa shape index (κ2) is 4.75. The van der Waals surface area contributed by atoms with Gasteiger partial charge in [-0.2, -0.15) is 5.26 Å². The molecule has 0 unspecified atom stereocenters. The highest BCUT2D eigenvalue weighted by molar-refractivity contribution is 7.90. The number of anilines is 1. The fourth-order valence-electron chi connectivity index (χ4n) is 0.945. The summed E-state index contributed by atoms with van der Waals surface area (Å²) >= 11 is 0. The predicted octanol–water partition coefficient (Wildman–Crippen LogP) is 0.410. The van der Waals surface area contributed by atoms with E-state index in [1.54, 1.807) is 12.1 Å². The van der Waals surface area contributed by atoms with Gasteiger partial charge in [0.15, 0.2) is 0 Å². The van der Waals surface area contributed by atoms with Crippen molar-refractivity contribution in [2.24, 2.45) is 0 Å². The number of nitrogens with zero attached hydrogens (tertiary/aromatic N) is 2. The molecule has 1 heterocycles. The first-order chi connectivity index (χ1) is 7.01. The van der Waals surface area contributed by atoms with Crippen LogP contribution in [-0.2, 0) is 9.84 Å². The van der Waals surface area contributed by atoms with E-state index >= 15 is 0 Å². The molecule has 0 fully saturated rings. The van der Waals surface area contributed by atoms with Crippen LogP contribution in [-0.4, -0.2) is 32.0 Å². The quantitative estimate of drug-likeness (QED) is 0.802. The van der Waals surface area contributed by atoms with Crippen LogP contribution in [0.4, 0.5) is 5.69 Å². The minimum absolute atomic E-state index is 0.0764. The van der Waals surface area contributed by atoms with Crippen molar-refractivity contribution in [1.82, 2.24) is 4.98 Å². The van der Waals surface area contributed by atoms with Gasteiger partial charge in [0.2, 0.25) is 0 Å². The first-order valence-electron chi connectivity index (χ1n) is 4.29. The molecule has 0 aliphatic carbocycles. The summed E-state index contributed by atoms with van der Waals surface area (Å²) in [6.45, 7) is 0.340. The Balaban J connectivity index is 2.49. The minimum atomic E-state index is -2.94. The van der Waals surface area contributed by atoms with Crippen LogP contribution in [0.15, 0.2) is 18.3 Å². The molecule has 0 atom stereocenters. The van der Waals surface area contributed by atoms with Gasteiger partial charge in [-0.15, -0.1) is 0 Å². The van der Waals surface area contributed by atoms with E-state index in [4.69, 9.17) is 5.26 Å². The standard InChI is InChI=1S/C9H11N3O2S/c1-15(13,14)5-4-11-9-3-2-8(6-10)12-7-9/h2-3,7,11H,4-5H2,1H3. The summed E-state index contributed by atoms with van der Waals surface area (Å²) < 4.78 is 21.6. The van der Waals surface area contributed by atoms with Crippen LogP contribution in [0.3, 0.4) is 0 Å². The van der Waals surface area contributed by atoms with Gasteiger partial charge in [0.1, 0.15) is 21.6 Å². The van der Waals surface area contributed by atoms with Gasteiger partial charge in [-0.3, -0.25) is 0 Å². The highest BCUT2D eigenvalue weighted by Crippen LogP contribution is 2.04. The largest absolute Gasteiger partial charge is 0.383 e. The minimum Gasteiger partial charge on any atom is -0.383 e. The van der Waals surface area contributed by atoms with Crippen molar-refractivity contribution in [3.05, 3.63) is 24.0 Å². The summed E-state index contributed by atoms with van der Waals surface area (Å²) in [6.07, 6.45) is 2.69. The lowest BCUT2D eigenvalue weighted by molar-refractivity contribution is 0.602. The lowest BCUT2D eigenvalue weighted by atomic mass is 10.3. The van der Waals surface area contributed by atoms with Crippen molar-refractivity contribution < 1.29 is 8.42 Å². The molecule has 0 spiro atoms. The molecule has 0 aliphatic heterocycles. The van der Waals surface area contributed by atoms with E-state index in [2.05, 4.69) is 10.3 Å². The molecule has 0 bridgehead atoms. The van der Waals surface area contributed by atoms with Gasteiger partial charge in [0, 0.05) is 12.8 Å². The number of pyridine rings is 1. The predicted molar refractivity (Wildman–Crippen MR) is 57.2 cm³/mol. The SMILES string of the molecule is CS(=O)(=O)CCNc1ccc(C#N)nc1. The van der Waals surface area contributed by atoms with E-state index in [9.17, 15) is 8.42 Å². The van der Waals surface area contributed by atoms with Gasteiger partial charge in [-0.25, -0.2) is 13.4 Å². The molecule has 15 heavy (non-hydrogen) atoms. The van der Waals surface area contributed by atoms with Gasteiger partial charge < -0.3 is 5.32 Å². The zero-order chi connectivity index (χ0) is 11.3. The van der Waals surface area contributed by atoms with Crippen LogP contribution in [0.25, 0.3) is 0 Å². The van der Waals surface area contributed by atoms with Crippen LogP contribution in [0, 0.1) is 11.3 Å². The molecule has 0 radical (unpaired) electrons. The highest BCUT2D eigenvalue weighted by atomic mass is 32.2. The van der Waals surface area contributed by atoms with Crippen molar-refractivity contribution in [2.75, 3.05) is 23.9 Å². The Morgan fingerprint density at radius 3 is 2.73 bits per heavy atom. The van der Waals surface area contributed by atoms with Crippen LogP contribution in [0.2, 0.25) is 0 Å². The van der Waals surface area contributed by atoms with Crippen LogP contribution in [0.1, 0.15) is 5.69 Å². The molecule has 1 aromatic heterocycles. The molecule has 0 saturated carbocycles. The maximum atomic E-state index is 10.8. The van der Waals surface area contributed by atoms with Gasteiger partial charge in [-0.1, -0.05) is 0 Å². The first-order valence-corrected chi connectivity index (χ1v) is 6.35. The van der Waals surface area contributed by atoms with Crippen LogP contribution < -0.4 is 5.32 Å². The fourth-order valence-corrected chi connectivity index (χ4v) is 1.42. The Hall–Kier alpha value is -1.61. The van der Waals surface area contributed by atoms with Crippen molar-refractivity contribution >= 4 is 15.5 Å². The summed E-state index contributed by atoms with van der Waals surface area (Å²) in [5.74, 6) is 0.0764. The molecular formula is C9H11N3O2S. The van der Waals surface area contributed by atoms with E-state index in [0.717, 1.165) is 0 Å². The summed E-state index contributed by atoms with van der Waals surface area (Å²) in [5.41, 5.74) is 1.04. The third-order valence-corrected chi connectivity index (χ3v) is 2.63. The third kappa shape index (κ3) is 4.42. The van der Waals surface area contributed by atoms with Crippen LogP contribution >= 0.6 is 0 Å². The number of hydrogen-bond donors (Lipinski definition) is 1. The number of hydrogen-bond acceptors (Lipinski definition) is 5. The molecule has 80 valence electrons. The maximum absolute atomic E-state index is 10.8. The summed E-state index contributed by atoms with van der Waals surface area (Å²) in [5, 5.41) is 11.4. The van der Waals surface area contributed by atoms with E-state index in [-0.39, 0.29) is 5.75 Å². The van der Waals surface area contributed by atoms with E-state index in [1.807, 2.05) is 6.07 Å². The summed E-state index contributed by atoms with van der Waals surface area (Å²) in [6, 6.07) is 5.16. The molecular weight excluding hydrogens is 214 g/mol.